The Morgan fingerprint density at radius 2 is 1.90 bits per heavy atom. The highest BCUT2D eigenvalue weighted by molar-refractivity contribution is 7.98. The summed E-state index contributed by atoms with van der Waals surface area (Å²) in [6, 6.07) is 9.46. The fourth-order valence-corrected chi connectivity index (χ4v) is 4.35. The van der Waals surface area contributed by atoms with Gasteiger partial charge in [0.1, 0.15) is 11.0 Å². The van der Waals surface area contributed by atoms with E-state index in [1.54, 1.807) is 6.07 Å². The molecule has 1 fully saturated rings. The Bertz CT molecular complexity index is 842. The molecular weight excluding hydrogens is 434 g/mol. The number of benzene rings is 1. The van der Waals surface area contributed by atoms with Gasteiger partial charge in [-0.1, -0.05) is 35.5 Å². The number of hydrogen-bond donors (Lipinski definition) is 1. The lowest BCUT2D eigenvalue weighted by Gasteiger charge is -2.26. The minimum absolute atomic E-state index is 0.0468. The summed E-state index contributed by atoms with van der Waals surface area (Å²) in [4.78, 5) is 25.8. The zero-order chi connectivity index (χ0) is 22.1. The monoisotopic (exact) mass is 463 g/mol. The predicted octanol–water partition coefficient (Wildman–Crippen LogP) is 3.33. The summed E-state index contributed by atoms with van der Waals surface area (Å²) in [5.41, 5.74) is 1.77. The fourth-order valence-electron chi connectivity index (χ4n) is 3.31. The smallest absolute Gasteiger partial charge is 0.251 e. The van der Waals surface area contributed by atoms with Crippen molar-refractivity contribution in [3.05, 3.63) is 46.6 Å². The van der Waals surface area contributed by atoms with Crippen LogP contribution >= 0.6 is 23.4 Å². The molecule has 0 atom stereocenters. The van der Waals surface area contributed by atoms with Gasteiger partial charge in [0.2, 0.25) is 0 Å². The van der Waals surface area contributed by atoms with Crippen LogP contribution in [0.15, 0.2) is 35.5 Å². The van der Waals surface area contributed by atoms with Crippen molar-refractivity contribution in [1.29, 1.82) is 0 Å². The minimum Gasteiger partial charge on any atom is -0.379 e. The molecule has 1 amide bonds. The van der Waals surface area contributed by atoms with Gasteiger partial charge in [-0.3, -0.25) is 9.69 Å². The Hall–Kier alpha value is -1.87. The summed E-state index contributed by atoms with van der Waals surface area (Å²) in [6.45, 7) is 10.8. The number of halogens is 1. The molecular formula is C22H30ClN5O2S. The van der Waals surface area contributed by atoms with Crippen molar-refractivity contribution in [3.8, 4) is 0 Å². The standard InChI is InChI=1S/C22H30ClN5O2S/c1-3-28(4-2)20-15-19(23)25-22(26-20)31-16-17-5-7-18(8-6-17)21(29)24-9-10-27-11-13-30-14-12-27/h5-8,15H,3-4,9-14,16H2,1-2H3,(H,24,29). The predicted molar refractivity (Wildman–Crippen MR) is 126 cm³/mol. The molecule has 168 valence electrons. The van der Waals surface area contributed by atoms with Crippen LogP contribution in [0.3, 0.4) is 0 Å². The van der Waals surface area contributed by atoms with Crippen LogP contribution in [0.4, 0.5) is 5.82 Å². The number of amides is 1. The van der Waals surface area contributed by atoms with E-state index in [9.17, 15) is 4.79 Å². The molecule has 1 aliphatic rings. The third kappa shape index (κ3) is 7.35. The van der Waals surface area contributed by atoms with Gasteiger partial charge in [-0.25, -0.2) is 9.97 Å². The van der Waals surface area contributed by atoms with Crippen molar-refractivity contribution >= 4 is 35.1 Å². The van der Waals surface area contributed by atoms with Gasteiger partial charge in [0.25, 0.3) is 5.91 Å². The molecule has 0 spiro atoms. The van der Waals surface area contributed by atoms with Crippen LogP contribution in [0.2, 0.25) is 5.15 Å². The van der Waals surface area contributed by atoms with Crippen molar-refractivity contribution in [2.24, 2.45) is 0 Å². The zero-order valence-electron chi connectivity index (χ0n) is 18.1. The van der Waals surface area contributed by atoms with E-state index in [2.05, 4.69) is 38.9 Å². The van der Waals surface area contributed by atoms with E-state index in [4.69, 9.17) is 16.3 Å². The van der Waals surface area contributed by atoms with Crippen LogP contribution < -0.4 is 10.2 Å². The molecule has 2 aromatic rings. The second-order valence-electron chi connectivity index (χ2n) is 7.20. The van der Waals surface area contributed by atoms with E-state index >= 15 is 0 Å². The summed E-state index contributed by atoms with van der Waals surface area (Å²) in [5, 5.41) is 4.09. The van der Waals surface area contributed by atoms with E-state index < -0.39 is 0 Å². The fraction of sp³-hybridized carbons (Fsp3) is 0.500. The number of rotatable bonds is 10. The van der Waals surface area contributed by atoms with E-state index in [-0.39, 0.29) is 5.91 Å². The molecule has 0 saturated carbocycles. The first-order chi connectivity index (χ1) is 15.1. The van der Waals surface area contributed by atoms with Crippen molar-refractivity contribution in [2.75, 3.05) is 57.4 Å². The highest BCUT2D eigenvalue weighted by Gasteiger charge is 2.12. The molecule has 0 radical (unpaired) electrons. The average molecular weight is 464 g/mol. The summed E-state index contributed by atoms with van der Waals surface area (Å²) in [5.74, 6) is 1.50. The first-order valence-corrected chi connectivity index (χ1v) is 12.0. The number of ether oxygens (including phenoxy) is 1. The second kappa shape index (κ2) is 12.2. The third-order valence-electron chi connectivity index (χ3n) is 5.15. The van der Waals surface area contributed by atoms with Gasteiger partial charge >= 0.3 is 0 Å². The number of carbonyl (C=O) groups excluding carboxylic acids is 1. The molecule has 0 unspecified atom stereocenters. The number of anilines is 1. The number of nitrogens with one attached hydrogen (secondary N) is 1. The molecule has 1 aromatic heterocycles. The Kier molecular flexibility index (Phi) is 9.39. The number of nitrogens with zero attached hydrogens (tertiary/aromatic N) is 4. The lowest BCUT2D eigenvalue weighted by molar-refractivity contribution is 0.0383. The molecule has 1 saturated heterocycles. The molecule has 0 bridgehead atoms. The number of morpholine rings is 1. The van der Waals surface area contributed by atoms with Gasteiger partial charge in [0.15, 0.2) is 5.16 Å². The molecule has 1 aliphatic heterocycles. The van der Waals surface area contributed by atoms with Gasteiger partial charge in [-0.15, -0.1) is 0 Å². The molecule has 0 aliphatic carbocycles. The molecule has 9 heteroatoms. The Balaban J connectivity index is 1.49. The lowest BCUT2D eigenvalue weighted by atomic mass is 10.1. The maximum absolute atomic E-state index is 12.4. The Morgan fingerprint density at radius 3 is 2.58 bits per heavy atom. The first-order valence-electron chi connectivity index (χ1n) is 10.7. The molecule has 3 rings (SSSR count). The summed E-state index contributed by atoms with van der Waals surface area (Å²) < 4.78 is 5.34. The minimum atomic E-state index is -0.0468. The maximum Gasteiger partial charge on any atom is 0.251 e. The van der Waals surface area contributed by atoms with Crippen LogP contribution in [0.1, 0.15) is 29.8 Å². The highest BCUT2D eigenvalue weighted by Crippen LogP contribution is 2.24. The summed E-state index contributed by atoms with van der Waals surface area (Å²) in [7, 11) is 0. The Labute approximate surface area is 193 Å². The van der Waals surface area contributed by atoms with Gasteiger partial charge < -0.3 is 15.0 Å². The third-order valence-corrected chi connectivity index (χ3v) is 6.26. The second-order valence-corrected chi connectivity index (χ2v) is 8.53. The SMILES string of the molecule is CCN(CC)c1cc(Cl)nc(SCc2ccc(C(=O)NCCN3CCOCC3)cc2)n1. The van der Waals surface area contributed by atoms with Gasteiger partial charge in [0.05, 0.1) is 13.2 Å². The number of thioether (sulfide) groups is 1. The van der Waals surface area contributed by atoms with Crippen molar-refractivity contribution in [2.45, 2.75) is 24.8 Å². The van der Waals surface area contributed by atoms with Gasteiger partial charge in [0, 0.05) is 56.7 Å². The van der Waals surface area contributed by atoms with Crippen LogP contribution in [0.25, 0.3) is 0 Å². The molecule has 2 heterocycles. The van der Waals surface area contributed by atoms with Crippen molar-refractivity contribution in [3.63, 3.8) is 0 Å². The summed E-state index contributed by atoms with van der Waals surface area (Å²) >= 11 is 7.73. The van der Waals surface area contributed by atoms with Crippen molar-refractivity contribution < 1.29 is 9.53 Å². The Morgan fingerprint density at radius 1 is 1.19 bits per heavy atom. The van der Waals surface area contributed by atoms with Crippen LogP contribution in [-0.4, -0.2) is 73.3 Å². The van der Waals surface area contributed by atoms with Gasteiger partial charge in [-0.2, -0.15) is 0 Å². The molecule has 31 heavy (non-hydrogen) atoms. The van der Waals surface area contributed by atoms with Crippen molar-refractivity contribution in [1.82, 2.24) is 20.2 Å². The van der Waals surface area contributed by atoms with Crippen LogP contribution in [0, 0.1) is 0 Å². The van der Waals surface area contributed by atoms with E-state index in [1.165, 1.54) is 11.8 Å². The maximum atomic E-state index is 12.4. The van der Waals surface area contributed by atoms with E-state index in [0.717, 1.165) is 57.3 Å². The van der Waals surface area contributed by atoms with Crippen LogP contribution in [-0.2, 0) is 10.5 Å². The topological polar surface area (TPSA) is 70.6 Å². The quantitative estimate of drug-likeness (QED) is 0.329. The summed E-state index contributed by atoms with van der Waals surface area (Å²) in [6.07, 6.45) is 0. The average Bonchev–Trinajstić information content (AvgIpc) is 2.79. The number of hydrogen-bond acceptors (Lipinski definition) is 7. The highest BCUT2D eigenvalue weighted by atomic mass is 35.5. The molecule has 1 aromatic carbocycles. The number of carbonyl (C=O) groups is 1. The first kappa shape index (κ1) is 23.8. The molecule has 1 N–H and O–H groups in total. The normalized spacial score (nSPS) is 14.4. The largest absolute Gasteiger partial charge is 0.379 e. The van der Waals surface area contributed by atoms with Crippen LogP contribution in [0.5, 0.6) is 0 Å². The van der Waals surface area contributed by atoms with E-state index in [0.29, 0.717) is 28.2 Å². The van der Waals surface area contributed by atoms with Gasteiger partial charge in [-0.05, 0) is 31.5 Å². The number of aromatic nitrogens is 2. The van der Waals surface area contributed by atoms with E-state index in [1.807, 2.05) is 24.3 Å². The molecule has 7 nitrogen and oxygen atoms in total. The lowest BCUT2D eigenvalue weighted by Crippen LogP contribution is -2.41. The zero-order valence-corrected chi connectivity index (χ0v) is 19.7.